The van der Waals surface area contributed by atoms with Gasteiger partial charge in [0.05, 0.1) is 0 Å². The van der Waals surface area contributed by atoms with Gasteiger partial charge >= 0.3 is 0 Å². The van der Waals surface area contributed by atoms with Crippen molar-refractivity contribution in [2.45, 2.75) is 40.2 Å². The molecule has 1 aromatic rings. The van der Waals surface area contributed by atoms with E-state index in [0.717, 1.165) is 29.8 Å². The van der Waals surface area contributed by atoms with Crippen LogP contribution >= 0.6 is 0 Å². The van der Waals surface area contributed by atoms with E-state index in [9.17, 15) is 5.11 Å². The fraction of sp³-hybridized carbons (Fsp3) is 0.647. The molecule has 0 spiro atoms. The number of rotatable bonds is 9. The van der Waals surface area contributed by atoms with Crippen molar-refractivity contribution >= 4 is 0 Å². The Morgan fingerprint density at radius 1 is 1.19 bits per heavy atom. The Hall–Kier alpha value is -1.10. The zero-order valence-electron chi connectivity index (χ0n) is 13.6. The van der Waals surface area contributed by atoms with Crippen molar-refractivity contribution in [2.24, 2.45) is 5.41 Å². The third-order valence-electron chi connectivity index (χ3n) is 3.41. The molecule has 0 saturated carbocycles. The molecule has 0 aliphatic rings. The Balaban J connectivity index is 2.29. The van der Waals surface area contributed by atoms with E-state index in [0.29, 0.717) is 6.54 Å². The molecule has 0 aliphatic heterocycles. The Morgan fingerprint density at radius 3 is 2.38 bits per heavy atom. The monoisotopic (exact) mass is 295 g/mol. The Kier molecular flexibility index (Phi) is 7.15. The van der Waals surface area contributed by atoms with Gasteiger partial charge in [0.1, 0.15) is 18.5 Å². The van der Waals surface area contributed by atoms with Crippen LogP contribution in [-0.4, -0.2) is 42.6 Å². The molecule has 21 heavy (non-hydrogen) atoms. The van der Waals surface area contributed by atoms with Gasteiger partial charge in [0.2, 0.25) is 0 Å². The highest BCUT2D eigenvalue weighted by Gasteiger charge is 2.17. The van der Waals surface area contributed by atoms with Gasteiger partial charge in [-0.1, -0.05) is 19.9 Å². The normalized spacial score (nSPS) is 13.2. The average Bonchev–Trinajstić information content (AvgIpc) is 2.35. The van der Waals surface area contributed by atoms with Crippen LogP contribution in [0.5, 0.6) is 5.75 Å². The summed E-state index contributed by atoms with van der Waals surface area (Å²) in [5.41, 5.74) is 2.34. The number of nitrogens with one attached hydrogen (secondary N) is 1. The van der Waals surface area contributed by atoms with Crippen LogP contribution in [0.15, 0.2) is 18.2 Å². The second-order valence-corrected chi connectivity index (χ2v) is 6.56. The maximum absolute atomic E-state index is 9.94. The second-order valence-electron chi connectivity index (χ2n) is 6.56. The Morgan fingerprint density at radius 2 is 1.81 bits per heavy atom. The molecule has 0 fully saturated rings. The summed E-state index contributed by atoms with van der Waals surface area (Å²) in [6.45, 7) is 9.95. The fourth-order valence-corrected chi connectivity index (χ4v) is 2.24. The first-order chi connectivity index (χ1) is 9.82. The molecule has 1 unspecified atom stereocenters. The van der Waals surface area contributed by atoms with E-state index in [-0.39, 0.29) is 18.6 Å². The third kappa shape index (κ3) is 7.46. The molecule has 0 heterocycles. The number of hydrogen-bond acceptors (Lipinski definition) is 4. The van der Waals surface area contributed by atoms with Gasteiger partial charge < -0.3 is 20.3 Å². The molecule has 1 atom stereocenters. The van der Waals surface area contributed by atoms with Gasteiger partial charge in [0, 0.05) is 19.7 Å². The SMILES string of the molecule is Cc1cc(C)cc(OCC(O)CNCC(C)(C)CCO)c1. The quantitative estimate of drug-likeness (QED) is 0.652. The van der Waals surface area contributed by atoms with Crippen LogP contribution in [-0.2, 0) is 0 Å². The predicted molar refractivity (Wildman–Crippen MR) is 85.8 cm³/mol. The van der Waals surface area contributed by atoms with Crippen molar-refractivity contribution in [3.8, 4) is 5.75 Å². The number of ether oxygens (including phenoxy) is 1. The van der Waals surface area contributed by atoms with Crippen LogP contribution in [0.3, 0.4) is 0 Å². The molecule has 0 aromatic heterocycles. The van der Waals surface area contributed by atoms with E-state index in [1.165, 1.54) is 0 Å². The molecule has 1 aromatic carbocycles. The molecule has 1 rings (SSSR count). The Labute approximate surface area is 128 Å². The summed E-state index contributed by atoms with van der Waals surface area (Å²) in [5.74, 6) is 0.798. The lowest BCUT2D eigenvalue weighted by Gasteiger charge is -2.24. The number of hydrogen-bond donors (Lipinski definition) is 3. The largest absolute Gasteiger partial charge is 0.491 e. The van der Waals surface area contributed by atoms with E-state index in [2.05, 4.69) is 25.2 Å². The molecule has 120 valence electrons. The van der Waals surface area contributed by atoms with Crippen LogP contribution in [0.1, 0.15) is 31.4 Å². The standard InChI is InChI=1S/C17H29NO3/c1-13-7-14(2)9-16(8-13)21-11-15(20)10-18-12-17(3,4)5-6-19/h7-9,15,18-20H,5-6,10-12H2,1-4H3. The maximum Gasteiger partial charge on any atom is 0.119 e. The van der Waals surface area contributed by atoms with Gasteiger partial charge in [0.15, 0.2) is 0 Å². The topological polar surface area (TPSA) is 61.7 Å². The van der Waals surface area contributed by atoms with E-state index in [1.54, 1.807) is 0 Å². The summed E-state index contributed by atoms with van der Waals surface area (Å²) in [4.78, 5) is 0. The highest BCUT2D eigenvalue weighted by Crippen LogP contribution is 2.18. The zero-order chi connectivity index (χ0) is 15.9. The van der Waals surface area contributed by atoms with E-state index < -0.39 is 6.10 Å². The van der Waals surface area contributed by atoms with Crippen LogP contribution in [0.2, 0.25) is 0 Å². The van der Waals surface area contributed by atoms with E-state index in [4.69, 9.17) is 9.84 Å². The van der Waals surface area contributed by atoms with Crippen molar-refractivity contribution in [3.63, 3.8) is 0 Å². The third-order valence-corrected chi connectivity index (χ3v) is 3.41. The lowest BCUT2D eigenvalue weighted by atomic mass is 9.90. The van der Waals surface area contributed by atoms with Gasteiger partial charge in [-0.2, -0.15) is 0 Å². The minimum atomic E-state index is -0.546. The summed E-state index contributed by atoms with van der Waals surface area (Å²) in [7, 11) is 0. The lowest BCUT2D eigenvalue weighted by molar-refractivity contribution is 0.102. The summed E-state index contributed by atoms with van der Waals surface area (Å²) in [6.07, 6.45) is 0.200. The van der Waals surface area contributed by atoms with Gasteiger partial charge in [-0.15, -0.1) is 0 Å². The minimum absolute atomic E-state index is 0.0307. The highest BCUT2D eigenvalue weighted by atomic mass is 16.5. The van der Waals surface area contributed by atoms with Crippen molar-refractivity contribution in [1.29, 1.82) is 0 Å². The molecule has 0 radical (unpaired) electrons. The average molecular weight is 295 g/mol. The Bertz CT molecular complexity index is 412. The molecular weight excluding hydrogens is 266 g/mol. The predicted octanol–water partition coefficient (Wildman–Crippen LogP) is 2.04. The molecule has 0 saturated heterocycles. The van der Waals surface area contributed by atoms with Gasteiger partial charge in [-0.05, 0) is 48.9 Å². The summed E-state index contributed by atoms with van der Waals surface area (Å²) in [5, 5.41) is 22.1. The van der Waals surface area contributed by atoms with Crippen LogP contribution in [0.25, 0.3) is 0 Å². The minimum Gasteiger partial charge on any atom is -0.491 e. The van der Waals surface area contributed by atoms with Crippen LogP contribution in [0.4, 0.5) is 0 Å². The molecular formula is C17H29NO3. The first kappa shape index (κ1) is 18.0. The van der Waals surface area contributed by atoms with Crippen molar-refractivity contribution in [3.05, 3.63) is 29.3 Å². The van der Waals surface area contributed by atoms with Crippen molar-refractivity contribution in [1.82, 2.24) is 5.32 Å². The summed E-state index contributed by atoms with van der Waals surface area (Å²) < 4.78 is 5.63. The first-order valence-corrected chi connectivity index (χ1v) is 7.53. The first-order valence-electron chi connectivity index (χ1n) is 7.53. The molecule has 4 nitrogen and oxygen atoms in total. The summed E-state index contributed by atoms with van der Waals surface area (Å²) >= 11 is 0. The molecule has 0 bridgehead atoms. The van der Waals surface area contributed by atoms with Crippen LogP contribution in [0, 0.1) is 19.3 Å². The smallest absolute Gasteiger partial charge is 0.119 e. The molecule has 4 heteroatoms. The maximum atomic E-state index is 9.94. The summed E-state index contributed by atoms with van der Waals surface area (Å²) in [6, 6.07) is 6.03. The molecule has 0 aliphatic carbocycles. The van der Waals surface area contributed by atoms with Crippen molar-refractivity contribution in [2.75, 3.05) is 26.3 Å². The second kappa shape index (κ2) is 8.37. The number of benzene rings is 1. The fourth-order valence-electron chi connectivity index (χ4n) is 2.24. The highest BCUT2D eigenvalue weighted by molar-refractivity contribution is 5.32. The van der Waals surface area contributed by atoms with Gasteiger partial charge in [0.25, 0.3) is 0 Å². The number of aliphatic hydroxyl groups excluding tert-OH is 2. The molecule has 0 amide bonds. The van der Waals surface area contributed by atoms with Crippen molar-refractivity contribution < 1.29 is 14.9 Å². The number of aliphatic hydroxyl groups is 2. The zero-order valence-corrected chi connectivity index (χ0v) is 13.6. The number of aryl methyl sites for hydroxylation is 2. The van der Waals surface area contributed by atoms with Gasteiger partial charge in [-0.25, -0.2) is 0 Å². The molecule has 3 N–H and O–H groups in total. The van der Waals surface area contributed by atoms with E-state index in [1.807, 2.05) is 26.0 Å². The lowest BCUT2D eigenvalue weighted by Crippen LogP contribution is -2.37. The van der Waals surface area contributed by atoms with Gasteiger partial charge in [-0.3, -0.25) is 0 Å². The van der Waals surface area contributed by atoms with E-state index >= 15 is 0 Å². The van der Waals surface area contributed by atoms with Crippen LogP contribution < -0.4 is 10.1 Å².